The van der Waals surface area contributed by atoms with Gasteiger partial charge in [-0.2, -0.15) is 0 Å². The predicted molar refractivity (Wildman–Crippen MR) is 127 cm³/mol. The average molecular weight is 518 g/mol. The molecule has 4 aromatic rings. The second-order valence-electron chi connectivity index (χ2n) is 8.25. The quantitative estimate of drug-likeness (QED) is 0.337. The number of pyridine rings is 3. The van der Waals surface area contributed by atoms with Crippen molar-refractivity contribution in [3.63, 3.8) is 0 Å². The molecule has 0 unspecified atom stereocenters. The summed E-state index contributed by atoms with van der Waals surface area (Å²) in [5.74, 6) is -5.28. The summed E-state index contributed by atoms with van der Waals surface area (Å²) in [6.45, 7) is 3.74. The molecule has 2 N–H and O–H groups in total. The molecule has 0 spiro atoms. The zero-order valence-electron chi connectivity index (χ0n) is 19.2. The molecule has 4 rings (SSSR count). The van der Waals surface area contributed by atoms with Gasteiger partial charge < -0.3 is 10.4 Å². The number of hydrogen-bond acceptors (Lipinski definition) is 6. The fraction of sp³-hybridized carbons (Fsp3) is 0.208. The third-order valence-electron chi connectivity index (χ3n) is 5.57. The molecule has 0 fully saturated rings. The van der Waals surface area contributed by atoms with E-state index in [-0.39, 0.29) is 44.6 Å². The molecule has 0 aliphatic carbocycles. The second-order valence-corrected chi connectivity index (χ2v) is 8.64. The molecule has 4 heterocycles. The van der Waals surface area contributed by atoms with Gasteiger partial charge in [-0.15, -0.1) is 0 Å². The lowest BCUT2D eigenvalue weighted by Gasteiger charge is -2.22. The minimum absolute atomic E-state index is 0.0247. The van der Waals surface area contributed by atoms with Crippen LogP contribution in [0.15, 0.2) is 47.7 Å². The van der Waals surface area contributed by atoms with Gasteiger partial charge in [0, 0.05) is 41.6 Å². The number of rotatable bonds is 6. The fourth-order valence-electron chi connectivity index (χ4n) is 3.76. The van der Waals surface area contributed by atoms with E-state index in [1.54, 1.807) is 6.92 Å². The summed E-state index contributed by atoms with van der Waals surface area (Å²) in [5, 5.41) is 12.4. The van der Waals surface area contributed by atoms with E-state index in [4.69, 9.17) is 11.6 Å². The van der Waals surface area contributed by atoms with Gasteiger partial charge in [-0.1, -0.05) is 11.6 Å². The van der Waals surface area contributed by atoms with Crippen molar-refractivity contribution in [2.45, 2.75) is 32.7 Å². The van der Waals surface area contributed by atoms with E-state index >= 15 is 0 Å². The van der Waals surface area contributed by atoms with Gasteiger partial charge in [0.15, 0.2) is 5.69 Å². The van der Waals surface area contributed by atoms with Crippen molar-refractivity contribution in [3.8, 4) is 11.3 Å². The Hall–Kier alpha value is -3.99. The highest BCUT2D eigenvalue weighted by atomic mass is 35.5. The minimum Gasteiger partial charge on any atom is -0.476 e. The first-order valence-electron chi connectivity index (χ1n) is 10.6. The summed E-state index contributed by atoms with van der Waals surface area (Å²) < 4.78 is 43.6. The molecule has 0 aliphatic rings. The molecule has 0 aromatic carbocycles. The number of fused-ring (bicyclic) bond motifs is 1. The van der Waals surface area contributed by atoms with Crippen LogP contribution in [-0.4, -0.2) is 30.4 Å². The number of nitrogens with zero attached hydrogens (tertiary/aromatic N) is 4. The van der Waals surface area contributed by atoms with Gasteiger partial charge in [0.25, 0.3) is 11.5 Å². The van der Waals surface area contributed by atoms with E-state index in [0.29, 0.717) is 6.92 Å². The Labute approximate surface area is 207 Å². The third-order valence-corrected chi connectivity index (χ3v) is 5.78. The topological polar surface area (TPSA) is 109 Å². The van der Waals surface area contributed by atoms with Crippen LogP contribution in [0.1, 0.15) is 47.1 Å². The van der Waals surface area contributed by atoms with Gasteiger partial charge in [0.2, 0.25) is 0 Å². The van der Waals surface area contributed by atoms with Crippen molar-refractivity contribution >= 4 is 28.9 Å². The molecule has 12 heteroatoms. The summed E-state index contributed by atoms with van der Waals surface area (Å²) >= 11 is 5.82. The molecule has 186 valence electrons. The zero-order valence-corrected chi connectivity index (χ0v) is 19.9. The maximum Gasteiger partial charge on any atom is 0.356 e. The Kier molecular flexibility index (Phi) is 6.44. The SMILES string of the molecule is Cc1c(-c2cncc(F)c2)nc2c([C@@H](C)Nc3ccc(Cl)nc3C(=O)O)cc(C(C)(F)F)cn2c1=O. The lowest BCUT2D eigenvalue weighted by atomic mass is 10.0. The Morgan fingerprint density at radius 1 is 1.22 bits per heavy atom. The van der Waals surface area contributed by atoms with Crippen LogP contribution < -0.4 is 10.9 Å². The Morgan fingerprint density at radius 2 is 1.94 bits per heavy atom. The number of nitrogens with one attached hydrogen (secondary N) is 1. The average Bonchev–Trinajstić information content (AvgIpc) is 2.81. The van der Waals surface area contributed by atoms with Crippen LogP contribution in [0.4, 0.5) is 18.9 Å². The fourth-order valence-corrected chi connectivity index (χ4v) is 3.91. The van der Waals surface area contributed by atoms with Crippen LogP contribution in [0.5, 0.6) is 0 Å². The van der Waals surface area contributed by atoms with Gasteiger partial charge in [0.1, 0.15) is 16.6 Å². The highest BCUT2D eigenvalue weighted by Gasteiger charge is 2.28. The molecule has 4 aromatic heterocycles. The Bertz CT molecular complexity index is 1570. The molecule has 8 nitrogen and oxygen atoms in total. The second kappa shape index (κ2) is 9.23. The van der Waals surface area contributed by atoms with Crippen molar-refractivity contribution < 1.29 is 23.1 Å². The standard InChI is InChI=1S/C24H19ClF3N5O3/c1-11-19(13-6-15(26)9-29-8-13)32-21-16(7-14(24(3,27)28)10-33(21)22(11)34)12(2)30-17-4-5-18(25)31-20(17)23(35)36/h4-10,12,30H,1-3H3,(H,35,36)/t12-/m1/s1. The van der Waals surface area contributed by atoms with Crippen molar-refractivity contribution in [2.24, 2.45) is 0 Å². The van der Waals surface area contributed by atoms with Gasteiger partial charge >= 0.3 is 5.97 Å². The Morgan fingerprint density at radius 3 is 2.58 bits per heavy atom. The molecule has 36 heavy (non-hydrogen) atoms. The van der Waals surface area contributed by atoms with Gasteiger partial charge in [0.05, 0.1) is 23.6 Å². The van der Waals surface area contributed by atoms with E-state index < -0.39 is 34.9 Å². The van der Waals surface area contributed by atoms with Crippen molar-refractivity contribution in [1.29, 1.82) is 0 Å². The molecule has 1 atom stereocenters. The molecular formula is C24H19ClF3N5O3. The summed E-state index contributed by atoms with van der Waals surface area (Å²) in [6, 6.07) is 4.29. The van der Waals surface area contributed by atoms with Crippen molar-refractivity contribution in [3.05, 3.63) is 86.6 Å². The van der Waals surface area contributed by atoms with E-state index in [1.165, 1.54) is 31.3 Å². The maximum absolute atomic E-state index is 14.4. The molecular weight excluding hydrogens is 499 g/mol. The van der Waals surface area contributed by atoms with Gasteiger partial charge in [-0.25, -0.2) is 27.9 Å². The number of anilines is 1. The van der Waals surface area contributed by atoms with E-state index in [0.717, 1.165) is 22.9 Å². The lowest BCUT2D eigenvalue weighted by Crippen LogP contribution is -2.24. The number of halogens is 4. The third kappa shape index (κ3) is 4.74. The van der Waals surface area contributed by atoms with E-state index in [2.05, 4.69) is 20.3 Å². The maximum atomic E-state index is 14.4. The number of aromatic nitrogens is 4. The molecule has 0 aliphatic heterocycles. The summed E-state index contributed by atoms with van der Waals surface area (Å²) in [4.78, 5) is 37.0. The first-order chi connectivity index (χ1) is 16.9. The molecule has 0 saturated heterocycles. The minimum atomic E-state index is -3.30. The van der Waals surface area contributed by atoms with E-state index in [9.17, 15) is 27.9 Å². The highest BCUT2D eigenvalue weighted by molar-refractivity contribution is 6.29. The monoisotopic (exact) mass is 517 g/mol. The van der Waals surface area contributed by atoms with Crippen LogP contribution in [0.25, 0.3) is 16.9 Å². The van der Waals surface area contributed by atoms with Crippen LogP contribution >= 0.6 is 11.6 Å². The zero-order chi connectivity index (χ0) is 26.4. The highest BCUT2D eigenvalue weighted by Crippen LogP contribution is 2.33. The van der Waals surface area contributed by atoms with Crippen molar-refractivity contribution in [2.75, 3.05) is 5.32 Å². The summed E-state index contributed by atoms with van der Waals surface area (Å²) in [5.41, 5.74) is -0.696. The summed E-state index contributed by atoms with van der Waals surface area (Å²) in [7, 11) is 0. The molecule has 0 amide bonds. The smallest absolute Gasteiger partial charge is 0.356 e. The number of aromatic carboxylic acids is 1. The Balaban J connectivity index is 1.97. The first kappa shape index (κ1) is 25.1. The lowest BCUT2D eigenvalue weighted by molar-refractivity contribution is 0.0169. The number of hydrogen-bond donors (Lipinski definition) is 2. The predicted octanol–water partition coefficient (Wildman–Crippen LogP) is 5.24. The number of carboxylic acids is 1. The van der Waals surface area contributed by atoms with Gasteiger partial charge in [-0.05, 0) is 38.1 Å². The van der Waals surface area contributed by atoms with Crippen LogP contribution in [0, 0.1) is 12.7 Å². The molecule has 0 saturated carbocycles. The van der Waals surface area contributed by atoms with Crippen LogP contribution in [0.2, 0.25) is 5.15 Å². The number of carboxylic acid groups (broad SMARTS) is 1. The molecule has 0 bridgehead atoms. The number of alkyl halides is 2. The van der Waals surface area contributed by atoms with Gasteiger partial charge in [-0.3, -0.25) is 14.2 Å². The number of carbonyl (C=O) groups is 1. The normalized spacial score (nSPS) is 12.5. The van der Waals surface area contributed by atoms with Crippen LogP contribution in [0.3, 0.4) is 0 Å². The van der Waals surface area contributed by atoms with Crippen molar-refractivity contribution in [1.82, 2.24) is 19.4 Å². The molecule has 0 radical (unpaired) electrons. The van der Waals surface area contributed by atoms with Crippen LogP contribution in [-0.2, 0) is 5.92 Å². The summed E-state index contributed by atoms with van der Waals surface area (Å²) in [6.07, 6.45) is 3.34. The van der Waals surface area contributed by atoms with E-state index in [1.807, 2.05) is 0 Å². The largest absolute Gasteiger partial charge is 0.476 e. The first-order valence-corrected chi connectivity index (χ1v) is 11.0.